The summed E-state index contributed by atoms with van der Waals surface area (Å²) in [6.07, 6.45) is 1.86. The zero-order chi connectivity index (χ0) is 18.9. The van der Waals surface area contributed by atoms with E-state index in [-0.39, 0.29) is 21.8 Å². The Morgan fingerprint density at radius 2 is 1.58 bits per heavy atom. The van der Waals surface area contributed by atoms with E-state index in [1.54, 1.807) is 4.57 Å². The second-order valence-corrected chi connectivity index (χ2v) is 15.2. The molecule has 138 valence electrons. The molecule has 1 aromatic rings. The molecular formula is C19H37N3OSi. The molecule has 0 saturated carbocycles. The maximum atomic E-state index is 12.3. The zero-order valence-corrected chi connectivity index (χ0v) is 18.3. The van der Waals surface area contributed by atoms with Crippen LogP contribution in [0.3, 0.4) is 0 Å². The van der Waals surface area contributed by atoms with Crippen molar-refractivity contribution in [1.82, 2.24) is 9.55 Å². The molecule has 0 aliphatic heterocycles. The molecule has 0 amide bonds. The van der Waals surface area contributed by atoms with Crippen LogP contribution in [0.5, 0.6) is 0 Å². The Hall–Kier alpha value is -1.10. The predicted molar refractivity (Wildman–Crippen MR) is 107 cm³/mol. The number of nitrogens with one attached hydrogen (secondary N) is 1. The number of anilines is 1. The van der Waals surface area contributed by atoms with Crippen LogP contribution < -0.4 is 10.7 Å². The first-order valence-electron chi connectivity index (χ1n) is 9.08. The third-order valence-electron chi connectivity index (χ3n) is 5.00. The van der Waals surface area contributed by atoms with E-state index in [1.165, 1.54) is 0 Å². The summed E-state index contributed by atoms with van der Waals surface area (Å²) in [7, 11) is -2.03. The van der Waals surface area contributed by atoms with Gasteiger partial charge in [-0.1, -0.05) is 55.4 Å². The lowest BCUT2D eigenvalue weighted by Gasteiger charge is -2.53. The zero-order valence-electron chi connectivity index (χ0n) is 17.3. The first-order chi connectivity index (χ1) is 10.7. The molecule has 24 heavy (non-hydrogen) atoms. The Labute approximate surface area is 149 Å². The van der Waals surface area contributed by atoms with Crippen LogP contribution >= 0.6 is 0 Å². The van der Waals surface area contributed by atoms with Crippen molar-refractivity contribution >= 4 is 14.1 Å². The summed E-state index contributed by atoms with van der Waals surface area (Å²) >= 11 is 0. The van der Waals surface area contributed by atoms with Gasteiger partial charge in [-0.2, -0.15) is 4.98 Å². The number of aromatic nitrogens is 2. The molecule has 4 nitrogen and oxygen atoms in total. The van der Waals surface area contributed by atoms with E-state index < -0.39 is 8.24 Å². The lowest BCUT2D eigenvalue weighted by molar-refractivity contribution is 0.562. The average Bonchev–Trinajstić information content (AvgIpc) is 2.34. The van der Waals surface area contributed by atoms with E-state index in [1.807, 2.05) is 26.1 Å². The van der Waals surface area contributed by atoms with Crippen molar-refractivity contribution in [2.24, 2.45) is 5.92 Å². The summed E-state index contributed by atoms with van der Waals surface area (Å²) in [4.78, 5) is 20.5. The highest BCUT2D eigenvalue weighted by atomic mass is 28.3. The minimum atomic E-state index is -2.03. The Morgan fingerprint density at radius 1 is 1.08 bits per heavy atom. The molecule has 0 atom stereocenters. The fourth-order valence-corrected chi connectivity index (χ4v) is 10.00. The van der Waals surface area contributed by atoms with Crippen molar-refractivity contribution in [3.8, 4) is 0 Å². The van der Waals surface area contributed by atoms with Gasteiger partial charge >= 0.3 is 5.69 Å². The fraction of sp³-hybridized carbons (Fsp3) is 0.789. The first kappa shape index (κ1) is 20.9. The average molecular weight is 352 g/mol. The van der Waals surface area contributed by atoms with Gasteiger partial charge in [-0.3, -0.25) is 4.57 Å². The lowest BCUT2D eigenvalue weighted by atomic mass is 10.2. The van der Waals surface area contributed by atoms with Gasteiger partial charge in [-0.05, 0) is 42.0 Å². The van der Waals surface area contributed by atoms with Crippen molar-refractivity contribution in [3.05, 3.63) is 22.7 Å². The molecule has 1 N–H and O–H groups in total. The van der Waals surface area contributed by atoms with Crippen molar-refractivity contribution in [3.63, 3.8) is 0 Å². The van der Waals surface area contributed by atoms with Gasteiger partial charge in [0.05, 0.1) is 0 Å². The molecule has 0 bridgehead atoms. The van der Waals surface area contributed by atoms with Crippen LogP contribution in [0.4, 0.5) is 5.82 Å². The lowest BCUT2D eigenvalue weighted by Crippen LogP contribution is -2.59. The van der Waals surface area contributed by atoms with Crippen molar-refractivity contribution in [1.29, 1.82) is 0 Å². The van der Waals surface area contributed by atoms with Gasteiger partial charge in [-0.15, -0.1) is 0 Å². The highest BCUT2D eigenvalue weighted by Gasteiger charge is 2.53. The molecule has 0 aliphatic carbocycles. The molecule has 1 rings (SSSR count). The molecule has 0 radical (unpaired) electrons. The van der Waals surface area contributed by atoms with Crippen LogP contribution in [0.1, 0.15) is 75.3 Å². The first-order valence-corrected chi connectivity index (χ1v) is 11.3. The predicted octanol–water partition coefficient (Wildman–Crippen LogP) is 5.44. The molecule has 0 aromatic carbocycles. The van der Waals surface area contributed by atoms with Crippen molar-refractivity contribution in [2.45, 2.75) is 91.4 Å². The minimum absolute atomic E-state index is 0.127. The largest absolute Gasteiger partial charge is 0.394 e. The van der Waals surface area contributed by atoms with Gasteiger partial charge in [0.25, 0.3) is 0 Å². The topological polar surface area (TPSA) is 46.9 Å². The molecule has 0 aliphatic rings. The van der Waals surface area contributed by atoms with Gasteiger partial charge in [-0.25, -0.2) is 4.79 Å². The van der Waals surface area contributed by atoms with E-state index in [2.05, 4.69) is 65.4 Å². The van der Waals surface area contributed by atoms with E-state index >= 15 is 0 Å². The SMILES string of the molecule is CC(C)C[Si](Nc1ccn(C(C)C)c(=O)n1)(C(C)(C)C)C(C)(C)C. The van der Waals surface area contributed by atoms with Crippen molar-refractivity contribution < 1.29 is 0 Å². The quantitative estimate of drug-likeness (QED) is 0.719. The third-order valence-corrected chi connectivity index (χ3v) is 12.2. The van der Waals surface area contributed by atoms with Gasteiger partial charge in [0.2, 0.25) is 0 Å². The molecule has 5 heteroatoms. The highest BCUT2D eigenvalue weighted by Crippen LogP contribution is 2.54. The summed E-state index contributed by atoms with van der Waals surface area (Å²) in [5.74, 6) is 1.33. The summed E-state index contributed by atoms with van der Waals surface area (Å²) < 4.78 is 1.67. The van der Waals surface area contributed by atoms with Crippen LogP contribution in [0, 0.1) is 5.92 Å². The van der Waals surface area contributed by atoms with E-state index in [4.69, 9.17) is 0 Å². The molecule has 0 spiro atoms. The molecule has 1 heterocycles. The maximum absolute atomic E-state index is 12.3. The molecule has 0 unspecified atom stereocenters. The van der Waals surface area contributed by atoms with E-state index in [0.29, 0.717) is 5.92 Å². The summed E-state index contributed by atoms with van der Waals surface area (Å²) in [6, 6.07) is 3.23. The van der Waals surface area contributed by atoms with Crippen LogP contribution in [0.25, 0.3) is 0 Å². The Morgan fingerprint density at radius 3 is 1.92 bits per heavy atom. The number of rotatable bonds is 5. The van der Waals surface area contributed by atoms with Crippen LogP contribution in [-0.2, 0) is 0 Å². The second-order valence-electron chi connectivity index (χ2n) is 9.72. The molecule has 0 saturated heterocycles. The normalized spacial score (nSPS) is 13.7. The highest BCUT2D eigenvalue weighted by molar-refractivity contribution is 6.87. The van der Waals surface area contributed by atoms with Gasteiger partial charge in [0.1, 0.15) is 5.82 Å². The molecule has 0 fully saturated rings. The third kappa shape index (κ3) is 4.29. The monoisotopic (exact) mass is 351 g/mol. The molecule has 1 aromatic heterocycles. The Balaban J connectivity index is 3.42. The van der Waals surface area contributed by atoms with Crippen LogP contribution in [0.2, 0.25) is 16.1 Å². The second kappa shape index (κ2) is 7.02. The fourth-order valence-electron chi connectivity index (χ4n) is 3.87. The van der Waals surface area contributed by atoms with Gasteiger partial charge in [0.15, 0.2) is 8.24 Å². The van der Waals surface area contributed by atoms with Crippen LogP contribution in [-0.4, -0.2) is 17.8 Å². The Bertz CT molecular complexity index is 592. The minimum Gasteiger partial charge on any atom is -0.394 e. The smallest absolute Gasteiger partial charge is 0.349 e. The summed E-state index contributed by atoms with van der Waals surface area (Å²) in [5.41, 5.74) is -0.176. The van der Waals surface area contributed by atoms with Gasteiger partial charge < -0.3 is 4.98 Å². The maximum Gasteiger partial charge on any atom is 0.349 e. The van der Waals surface area contributed by atoms with E-state index in [9.17, 15) is 4.79 Å². The Kier molecular flexibility index (Phi) is 6.13. The number of hydrogen-bond donors (Lipinski definition) is 1. The number of nitrogens with zero attached hydrogens (tertiary/aromatic N) is 2. The standard InChI is InChI=1S/C19H37N3OSi/c1-14(2)13-24(18(5,6)7,19(8,9)10)21-16-11-12-22(15(3)4)17(23)20-16/h11-12,14-15H,13H2,1-10H3,(H,20,21,23). The summed E-state index contributed by atoms with van der Waals surface area (Å²) in [5, 5.41) is 0.286. The van der Waals surface area contributed by atoms with Gasteiger partial charge in [0, 0.05) is 12.2 Å². The molecular weight excluding hydrogens is 314 g/mol. The van der Waals surface area contributed by atoms with Crippen molar-refractivity contribution in [2.75, 3.05) is 4.98 Å². The van der Waals surface area contributed by atoms with Crippen LogP contribution in [0.15, 0.2) is 17.1 Å². The number of hydrogen-bond acceptors (Lipinski definition) is 3. The summed E-state index contributed by atoms with van der Waals surface area (Å²) in [6.45, 7) is 22.5. The van der Waals surface area contributed by atoms with E-state index in [0.717, 1.165) is 11.9 Å².